The van der Waals surface area contributed by atoms with E-state index in [1.807, 2.05) is 17.1 Å². The molecule has 0 saturated carbocycles. The molecule has 0 bridgehead atoms. The van der Waals surface area contributed by atoms with Gasteiger partial charge in [-0.2, -0.15) is 11.8 Å². The Morgan fingerprint density at radius 3 is 2.48 bits per heavy atom. The lowest BCUT2D eigenvalue weighted by atomic mass is 10.1. The summed E-state index contributed by atoms with van der Waals surface area (Å²) in [4.78, 5) is 26.3. The Bertz CT molecular complexity index is 1160. The Morgan fingerprint density at radius 1 is 1.00 bits per heavy atom. The lowest BCUT2D eigenvalue weighted by Crippen LogP contribution is -2.33. The van der Waals surface area contributed by atoms with Crippen molar-refractivity contribution in [3.05, 3.63) is 78.9 Å². The number of hydrogen-bond donors (Lipinski definition) is 3. The van der Waals surface area contributed by atoms with Gasteiger partial charge in [-0.05, 0) is 59.8 Å². The first-order chi connectivity index (χ1) is 15.9. The first-order valence-corrected chi connectivity index (χ1v) is 13.2. The van der Waals surface area contributed by atoms with Crippen molar-refractivity contribution in [1.82, 2.24) is 5.32 Å². The van der Waals surface area contributed by atoms with Gasteiger partial charge in [0.25, 0.3) is 11.8 Å². The molecule has 0 spiro atoms. The van der Waals surface area contributed by atoms with Crippen molar-refractivity contribution >= 4 is 81.1 Å². The third-order valence-electron chi connectivity index (χ3n) is 5.04. The highest BCUT2D eigenvalue weighted by molar-refractivity contribution is 8.00. The number of benzene rings is 2. The van der Waals surface area contributed by atoms with E-state index in [1.54, 1.807) is 36.4 Å². The Hall–Kier alpha value is -1.74. The molecule has 1 aliphatic rings. The minimum Gasteiger partial charge on any atom is -0.322 e. The lowest BCUT2D eigenvalue weighted by Gasteiger charge is -2.22. The van der Waals surface area contributed by atoms with Crippen LogP contribution in [0.25, 0.3) is 0 Å². The van der Waals surface area contributed by atoms with Gasteiger partial charge in [0.2, 0.25) is 0 Å². The van der Waals surface area contributed by atoms with E-state index in [9.17, 15) is 9.59 Å². The Kier molecular flexibility index (Phi) is 8.22. The van der Waals surface area contributed by atoms with Gasteiger partial charge in [-0.25, -0.2) is 0 Å². The van der Waals surface area contributed by atoms with Crippen LogP contribution in [0.5, 0.6) is 0 Å². The zero-order valence-electron chi connectivity index (χ0n) is 17.3. The standard InChI is InChI=1S/C23H20Cl3N3O2S2/c24-14-1-4-16(5-2-14)28-22(30)18-10-15(25)3-6-19(18)29-23(31)21-20(26)13(12-33-21)9-17-11-27-7-8-32-17/h1-6,10,12,17,27H,7-9,11H2,(H,28,30)(H,29,31). The smallest absolute Gasteiger partial charge is 0.267 e. The molecule has 1 fully saturated rings. The van der Waals surface area contributed by atoms with Crippen LogP contribution in [0.2, 0.25) is 15.1 Å². The maximum atomic E-state index is 13.0. The molecule has 1 aromatic heterocycles. The number of hydrogen-bond acceptors (Lipinski definition) is 5. The molecule has 1 saturated heterocycles. The van der Waals surface area contributed by atoms with E-state index in [2.05, 4.69) is 16.0 Å². The predicted molar refractivity (Wildman–Crippen MR) is 141 cm³/mol. The summed E-state index contributed by atoms with van der Waals surface area (Å²) >= 11 is 21.8. The van der Waals surface area contributed by atoms with Crippen LogP contribution in [0.3, 0.4) is 0 Å². The summed E-state index contributed by atoms with van der Waals surface area (Å²) in [5.41, 5.74) is 2.12. The summed E-state index contributed by atoms with van der Waals surface area (Å²) in [5, 5.41) is 12.8. The molecule has 4 rings (SSSR count). The number of thiophene rings is 1. The van der Waals surface area contributed by atoms with Crippen molar-refractivity contribution in [3.8, 4) is 0 Å². The first-order valence-electron chi connectivity index (χ1n) is 10.2. The summed E-state index contributed by atoms with van der Waals surface area (Å²) < 4.78 is 0. The van der Waals surface area contributed by atoms with Crippen LogP contribution in [0.4, 0.5) is 11.4 Å². The fourth-order valence-corrected chi connectivity index (χ4v) is 6.10. The van der Waals surface area contributed by atoms with Gasteiger partial charge >= 0.3 is 0 Å². The number of halogens is 3. The Labute approximate surface area is 215 Å². The quantitative estimate of drug-likeness (QED) is 0.336. The number of amides is 2. The summed E-state index contributed by atoms with van der Waals surface area (Å²) in [6, 6.07) is 11.5. The van der Waals surface area contributed by atoms with Gasteiger partial charge in [0.15, 0.2) is 0 Å². The van der Waals surface area contributed by atoms with Gasteiger partial charge in [-0.3, -0.25) is 9.59 Å². The molecule has 10 heteroatoms. The molecule has 172 valence electrons. The van der Waals surface area contributed by atoms with Crippen molar-refractivity contribution in [3.63, 3.8) is 0 Å². The van der Waals surface area contributed by atoms with Crippen molar-refractivity contribution in [2.75, 3.05) is 29.5 Å². The predicted octanol–water partition coefficient (Wildman–Crippen LogP) is 6.46. The van der Waals surface area contributed by atoms with Gasteiger partial charge in [0, 0.05) is 39.8 Å². The number of carbonyl (C=O) groups is 2. The van der Waals surface area contributed by atoms with E-state index in [4.69, 9.17) is 34.8 Å². The zero-order chi connectivity index (χ0) is 23.4. The molecule has 1 aliphatic heterocycles. The second kappa shape index (κ2) is 11.1. The van der Waals surface area contributed by atoms with Crippen molar-refractivity contribution in [2.45, 2.75) is 11.7 Å². The van der Waals surface area contributed by atoms with Crippen LogP contribution in [-0.2, 0) is 6.42 Å². The van der Waals surface area contributed by atoms with E-state index in [0.29, 0.717) is 36.6 Å². The fraction of sp³-hybridized carbons (Fsp3) is 0.217. The number of nitrogens with one attached hydrogen (secondary N) is 3. The van der Waals surface area contributed by atoms with E-state index < -0.39 is 5.91 Å². The number of anilines is 2. The Morgan fingerprint density at radius 2 is 1.76 bits per heavy atom. The van der Waals surface area contributed by atoms with E-state index in [-0.39, 0.29) is 11.5 Å². The molecule has 2 amide bonds. The normalized spacial score (nSPS) is 15.8. The zero-order valence-corrected chi connectivity index (χ0v) is 21.2. The van der Waals surface area contributed by atoms with Crippen LogP contribution in [0.15, 0.2) is 47.8 Å². The topological polar surface area (TPSA) is 70.2 Å². The average molecular weight is 541 g/mol. The molecule has 2 aromatic carbocycles. The molecule has 3 N–H and O–H groups in total. The third-order valence-corrected chi connectivity index (χ3v) is 8.34. The van der Waals surface area contributed by atoms with E-state index in [1.165, 1.54) is 17.4 Å². The summed E-state index contributed by atoms with van der Waals surface area (Å²) in [7, 11) is 0. The highest BCUT2D eigenvalue weighted by Gasteiger charge is 2.22. The second-order valence-electron chi connectivity index (χ2n) is 7.41. The van der Waals surface area contributed by atoms with Crippen molar-refractivity contribution in [1.29, 1.82) is 0 Å². The Balaban J connectivity index is 1.50. The van der Waals surface area contributed by atoms with Crippen LogP contribution >= 0.6 is 57.9 Å². The highest BCUT2D eigenvalue weighted by Crippen LogP contribution is 2.32. The molecular formula is C23H20Cl3N3O2S2. The van der Waals surface area contributed by atoms with Crippen LogP contribution < -0.4 is 16.0 Å². The van der Waals surface area contributed by atoms with Gasteiger partial charge < -0.3 is 16.0 Å². The van der Waals surface area contributed by atoms with Gasteiger partial charge in [-0.15, -0.1) is 11.3 Å². The minimum absolute atomic E-state index is 0.239. The fourth-order valence-electron chi connectivity index (χ4n) is 3.39. The summed E-state index contributed by atoms with van der Waals surface area (Å²) in [6.45, 7) is 1.94. The van der Waals surface area contributed by atoms with Crippen LogP contribution in [0, 0.1) is 0 Å². The van der Waals surface area contributed by atoms with Gasteiger partial charge in [-0.1, -0.05) is 34.8 Å². The molecule has 1 unspecified atom stereocenters. The van der Waals surface area contributed by atoms with Gasteiger partial charge in [0.05, 0.1) is 16.3 Å². The molecule has 33 heavy (non-hydrogen) atoms. The number of thioether (sulfide) groups is 1. The molecule has 2 heterocycles. The van der Waals surface area contributed by atoms with Gasteiger partial charge in [0.1, 0.15) is 4.88 Å². The summed E-state index contributed by atoms with van der Waals surface area (Å²) in [5.74, 6) is 0.292. The SMILES string of the molecule is O=C(Nc1ccc(Cl)cc1)c1cc(Cl)ccc1NC(=O)c1scc(CC2CNCCS2)c1Cl. The monoisotopic (exact) mass is 539 g/mol. The van der Waals surface area contributed by atoms with Crippen LogP contribution in [-0.4, -0.2) is 35.9 Å². The second-order valence-corrected chi connectivity index (χ2v) is 10.9. The minimum atomic E-state index is -0.407. The molecule has 1 atom stereocenters. The maximum Gasteiger partial charge on any atom is 0.267 e. The summed E-state index contributed by atoms with van der Waals surface area (Å²) in [6.07, 6.45) is 0.802. The van der Waals surface area contributed by atoms with Crippen LogP contribution in [0.1, 0.15) is 25.6 Å². The molecule has 3 aromatic rings. The average Bonchev–Trinajstić information content (AvgIpc) is 3.17. The highest BCUT2D eigenvalue weighted by atomic mass is 35.5. The number of carbonyl (C=O) groups excluding carboxylic acids is 2. The molecule has 0 aliphatic carbocycles. The third kappa shape index (κ3) is 6.23. The first kappa shape index (κ1) is 24.4. The molecule has 5 nitrogen and oxygen atoms in total. The lowest BCUT2D eigenvalue weighted by molar-refractivity contribution is 0.102. The molecular weight excluding hydrogens is 521 g/mol. The molecule has 0 radical (unpaired) electrons. The van der Waals surface area contributed by atoms with Crippen molar-refractivity contribution in [2.24, 2.45) is 0 Å². The largest absolute Gasteiger partial charge is 0.322 e. The van der Waals surface area contributed by atoms with E-state index in [0.717, 1.165) is 30.8 Å². The number of rotatable bonds is 6. The van der Waals surface area contributed by atoms with E-state index >= 15 is 0 Å². The van der Waals surface area contributed by atoms with Crippen molar-refractivity contribution < 1.29 is 9.59 Å². The maximum absolute atomic E-state index is 13.0.